The molecule has 6 fully saturated rings. The number of amides is 1. The Balaban J connectivity index is 0.000000193. The average Bonchev–Trinajstić information content (AvgIpc) is 1.59. The molecule has 0 bridgehead atoms. The second-order valence-electron chi connectivity index (χ2n) is 31.1. The van der Waals surface area contributed by atoms with Crippen molar-refractivity contribution in [1.82, 2.24) is 34.9 Å². The summed E-state index contributed by atoms with van der Waals surface area (Å²) in [5.41, 5.74) is 16.3. The summed E-state index contributed by atoms with van der Waals surface area (Å²) in [6, 6.07) is 19.3. The zero-order chi connectivity index (χ0) is 84.6. The molecule has 7 aromatic rings. The Labute approximate surface area is 711 Å². The average molecular weight is 1860 g/mol. The lowest BCUT2D eigenvalue weighted by Crippen LogP contribution is -2.54. The molecule has 4 saturated heterocycles. The minimum Gasteiger partial charge on any atom is -0.478 e. The van der Waals surface area contributed by atoms with Crippen LogP contribution >= 0.6 is 75.3 Å². The van der Waals surface area contributed by atoms with Crippen LogP contribution in [0.15, 0.2) is 109 Å². The van der Waals surface area contributed by atoms with Crippen molar-refractivity contribution in [2.24, 2.45) is 17.6 Å². The molecule has 0 radical (unpaired) electrons. The van der Waals surface area contributed by atoms with Gasteiger partial charge < -0.3 is 70.8 Å². The number of aromatic carboxylic acids is 1. The number of carboxylic acid groups (broad SMARTS) is 1. The second-order valence-corrected chi connectivity index (χ2v) is 35.3. The van der Waals surface area contributed by atoms with E-state index >= 15 is 0 Å². The standard InChI is InChI=1S/C22H22BrFN4O.C18H24BrN3O2.C12H15BrN4.C12H23NO2.C10H9FO2.C6H2BrFN2.C4H6N2S/c1-13-20(4-3-9-28(13)16-11-18(23)21(25-2)26-12-16)27-22(29)17-8-7-15(10-19(17)24)14-5-6-14;1-12-13(9-16(23)24-18(2,3)4)7-6-8-22(12)14-10-15(19)17(20-5)21-11-14;1-8-11(14)4-3-5-17(8)9-6-10(13)12(15-2)16-7-9;1-9-10(6-5-7-13-9)8-11(14)15-12(2,3)4;11-9-5-7(6-1-2-6)3-4-8(9)10(12)13;1-9-6-5(7)2-4(8)3-10-6;1-3-2-4(5)7-6-3/h7-8,10-14,20H,3-6,9H2,1H3,(H,27,29);10-13H,6-9H2,1-4H3;6-8,11H,3-5,14H2,1H3;9-10,13H,5-8H2,1-4H3;3-6H,1-2H2,(H,12,13);2-3H;2H,5H2,1H3/t13-,20-;12-,13+;8-,11-;9-,10+;;;/m1111.../s1. The van der Waals surface area contributed by atoms with Gasteiger partial charge in [0.1, 0.15) is 46.4 Å². The smallest absolute Gasteiger partial charge is 0.338 e. The molecular weight excluding hydrogens is 1750 g/mol. The van der Waals surface area contributed by atoms with E-state index in [9.17, 15) is 32.3 Å². The molecule has 8 atom stereocenters. The zero-order valence-corrected chi connectivity index (χ0v) is 73.8. The summed E-state index contributed by atoms with van der Waals surface area (Å²) in [6.45, 7) is 53.4. The van der Waals surface area contributed by atoms with Gasteiger partial charge in [0.15, 0.2) is 12.0 Å². The first kappa shape index (κ1) is 93.5. The molecule has 31 heteroatoms. The molecule has 1 amide bonds. The summed E-state index contributed by atoms with van der Waals surface area (Å²) in [6.07, 6.45) is 19.8. The number of carbonyl (C=O) groups excluding carboxylic acids is 3. The van der Waals surface area contributed by atoms with Crippen LogP contribution in [0.1, 0.15) is 209 Å². The minimum atomic E-state index is -1.21. The summed E-state index contributed by atoms with van der Waals surface area (Å²) < 4.78 is 57.1. The first-order chi connectivity index (χ1) is 54.4. The largest absolute Gasteiger partial charge is 0.478 e. The molecule has 2 saturated carbocycles. The number of pyridine rings is 4. The normalized spacial score (nSPS) is 20.2. The fraction of sp³-hybridized carbons (Fsp3) is 0.488. The predicted octanol–water partition coefficient (Wildman–Crippen LogP) is 20.7. The maximum Gasteiger partial charge on any atom is 0.338 e. The van der Waals surface area contributed by atoms with E-state index in [1.165, 1.54) is 35.8 Å². The van der Waals surface area contributed by atoms with Gasteiger partial charge in [0.05, 0.1) is 40.3 Å². The van der Waals surface area contributed by atoms with E-state index in [1.807, 2.05) is 85.7 Å². The summed E-state index contributed by atoms with van der Waals surface area (Å²) in [5, 5.41) is 15.8. The second kappa shape index (κ2) is 44.1. The lowest BCUT2D eigenvalue weighted by Gasteiger charge is -2.40. The Morgan fingerprint density at radius 3 is 1.38 bits per heavy atom. The number of piperidine rings is 4. The highest BCUT2D eigenvalue weighted by Gasteiger charge is 2.35. The van der Waals surface area contributed by atoms with E-state index in [0.717, 1.165) is 153 Å². The number of esters is 2. The Morgan fingerprint density at radius 1 is 0.574 bits per heavy atom. The van der Waals surface area contributed by atoms with E-state index < -0.39 is 29.0 Å². The van der Waals surface area contributed by atoms with Crippen molar-refractivity contribution in [1.29, 1.82) is 0 Å². The third-order valence-corrected chi connectivity index (χ3v) is 23.0. The van der Waals surface area contributed by atoms with E-state index in [0.29, 0.717) is 73.6 Å². The van der Waals surface area contributed by atoms with Gasteiger partial charge in [-0.2, -0.15) is 4.37 Å². The van der Waals surface area contributed by atoms with Gasteiger partial charge in [-0.3, -0.25) is 14.4 Å². The zero-order valence-electron chi connectivity index (χ0n) is 66.6. The number of aryl methyl sites for hydroxylation is 1. The van der Waals surface area contributed by atoms with Gasteiger partial charge in [0.25, 0.3) is 29.2 Å². The number of nitrogens with two attached hydrogens (primary N) is 2. The lowest BCUT2D eigenvalue weighted by atomic mass is 9.87. The highest BCUT2D eigenvalue weighted by atomic mass is 79.9. The van der Waals surface area contributed by atoms with Crippen LogP contribution in [0.4, 0.5) is 58.5 Å². The van der Waals surface area contributed by atoms with Gasteiger partial charge in [0, 0.05) is 80.2 Å². The molecule has 0 unspecified atom stereocenters. The number of aromatic nitrogens is 5. The Bertz CT molecular complexity index is 4650. The van der Waals surface area contributed by atoms with Crippen molar-refractivity contribution >= 4 is 144 Å². The van der Waals surface area contributed by atoms with Crippen molar-refractivity contribution in [3.05, 3.63) is 200 Å². The first-order valence-electron chi connectivity index (χ1n) is 38.2. The number of carboxylic acids is 1. The maximum atomic E-state index is 14.5. The fourth-order valence-electron chi connectivity index (χ4n) is 13.5. The number of nitrogens with zero attached hydrogens (tertiary/aromatic N) is 12. The van der Waals surface area contributed by atoms with E-state index in [-0.39, 0.29) is 70.5 Å². The highest BCUT2D eigenvalue weighted by Crippen LogP contribution is 2.42. The number of hydrogen-bond donors (Lipinski definition) is 5. The molecule has 9 heterocycles. The number of benzene rings is 2. The van der Waals surface area contributed by atoms with Crippen molar-refractivity contribution in [2.75, 3.05) is 46.6 Å². The molecule has 6 aliphatic rings. The number of nitrogen functional groups attached to an aromatic ring is 1. The quantitative estimate of drug-likeness (QED) is 0.0562. The van der Waals surface area contributed by atoms with Gasteiger partial charge in [-0.1, -0.05) is 102 Å². The molecule has 0 spiro atoms. The first-order valence-corrected chi connectivity index (χ1v) is 42.2. The predicted molar refractivity (Wildman–Crippen MR) is 460 cm³/mol. The molecule has 23 nitrogen and oxygen atoms in total. The number of halogens is 7. The topological polar surface area (TPSA) is 275 Å². The molecule has 2 aromatic carbocycles. The SMILES string of the molecule is C[C@H]1NCCC[C@H]1CC(=O)OC(C)(C)C.Cc1cc(N)sn1.O=C(O)c1ccc(C2CC2)cc1F.[C-]#[N+]c1ncc(F)cc1Br.[C-]#[N+]c1ncc(N2CCC[C@@H](CC(=O)OC(C)(C)C)[C@H]2C)cc1Br.[C-]#[N+]c1ncc(N2CCC[C@@H](N)[C@H]2C)cc1Br.[C-]#[N+]c1ncc(N2CCC[C@@H](NC(=O)c3ccc(C4CC4)cc3F)[C@H]2C)cc1Br. The lowest BCUT2D eigenvalue weighted by molar-refractivity contribution is -0.157. The molecule has 4 aliphatic heterocycles. The van der Waals surface area contributed by atoms with Crippen molar-refractivity contribution in [3.8, 4) is 0 Å². The van der Waals surface area contributed by atoms with Crippen LogP contribution in [0.5, 0.6) is 0 Å². The maximum absolute atomic E-state index is 14.5. The third-order valence-electron chi connectivity index (χ3n) is 20.0. The van der Waals surface area contributed by atoms with Gasteiger partial charge in [-0.15, -0.1) is 19.9 Å². The monoisotopic (exact) mass is 1850 g/mol. The van der Waals surface area contributed by atoms with Gasteiger partial charge in [-0.05, 0) is 261 Å². The molecule has 2 aliphatic carbocycles. The number of hydrogen-bond acceptors (Lipinski definition) is 18. The number of anilines is 4. The fourth-order valence-corrected chi connectivity index (χ4v) is 15.8. The third kappa shape index (κ3) is 29.5. The van der Waals surface area contributed by atoms with Crippen LogP contribution in [0.25, 0.3) is 19.4 Å². The van der Waals surface area contributed by atoms with Gasteiger partial charge >= 0.3 is 17.9 Å². The van der Waals surface area contributed by atoms with Crippen LogP contribution in [-0.4, -0.2) is 127 Å². The van der Waals surface area contributed by atoms with Gasteiger partial charge in [-0.25, -0.2) is 18.0 Å². The van der Waals surface area contributed by atoms with Crippen molar-refractivity contribution in [2.45, 2.75) is 225 Å². The van der Waals surface area contributed by atoms with Crippen molar-refractivity contribution < 1.29 is 46.9 Å². The van der Waals surface area contributed by atoms with Crippen LogP contribution in [-0.2, 0) is 19.1 Å². The minimum absolute atomic E-state index is 0.0222. The summed E-state index contributed by atoms with van der Waals surface area (Å²) >= 11 is 14.5. The van der Waals surface area contributed by atoms with Gasteiger partial charge in [0.2, 0.25) is 0 Å². The molecule has 7 N–H and O–H groups in total. The van der Waals surface area contributed by atoms with E-state index in [4.69, 9.17) is 52.3 Å². The molecule has 115 heavy (non-hydrogen) atoms. The summed E-state index contributed by atoms with van der Waals surface area (Å²) in [4.78, 5) is 82.9. The summed E-state index contributed by atoms with van der Waals surface area (Å²) in [7, 11) is 0. The number of carbonyl (C=O) groups is 4. The molecule has 614 valence electrons. The Morgan fingerprint density at radius 2 is 0.991 bits per heavy atom. The van der Waals surface area contributed by atoms with Crippen LogP contribution in [0.2, 0.25) is 0 Å². The highest BCUT2D eigenvalue weighted by molar-refractivity contribution is 9.11. The molecule has 13 rings (SSSR count). The molecular formula is C84H101Br4F3N16O7S. The van der Waals surface area contributed by atoms with Crippen LogP contribution in [0.3, 0.4) is 0 Å². The number of rotatable bonds is 12. The number of nitrogens with one attached hydrogen (secondary N) is 2. The molecule has 5 aromatic heterocycles. The Hall–Kier alpha value is -8.66. The van der Waals surface area contributed by atoms with Crippen LogP contribution < -0.4 is 36.8 Å². The summed E-state index contributed by atoms with van der Waals surface area (Å²) in [5.74, 6) is -0.412. The van der Waals surface area contributed by atoms with E-state index in [1.54, 1.807) is 30.7 Å². The Kier molecular flexibility index (Phi) is 35.8. The van der Waals surface area contributed by atoms with Crippen LogP contribution in [0, 0.1) is 62.5 Å². The number of ether oxygens (including phenoxy) is 2. The van der Waals surface area contributed by atoms with E-state index in [2.05, 4.69) is 154 Å². The van der Waals surface area contributed by atoms with Crippen molar-refractivity contribution in [3.63, 3.8) is 0 Å².